The maximum Gasteiger partial charge on any atom is 0.141 e. The predicted molar refractivity (Wildman–Crippen MR) is 143 cm³/mol. The summed E-state index contributed by atoms with van der Waals surface area (Å²) < 4.78 is 7.75. The smallest absolute Gasteiger partial charge is 0.141 e. The molecule has 4 bridgehead atoms. The first-order valence-corrected chi connectivity index (χ1v) is 13.7. The van der Waals surface area contributed by atoms with E-state index >= 15 is 0 Å². The predicted octanol–water partition coefficient (Wildman–Crippen LogP) is 7.08. The molecule has 4 aromatic rings. The van der Waals surface area contributed by atoms with E-state index in [0.717, 1.165) is 58.8 Å². The summed E-state index contributed by atoms with van der Waals surface area (Å²) in [5.41, 5.74) is 8.23. The summed E-state index contributed by atoms with van der Waals surface area (Å²) in [5.74, 6) is 4.79. The second-order valence-electron chi connectivity index (χ2n) is 12.1. The van der Waals surface area contributed by atoms with E-state index in [0.29, 0.717) is 0 Å². The number of aryl methyl sites for hydroxylation is 5. The Morgan fingerprint density at radius 2 is 1.64 bits per heavy atom. The van der Waals surface area contributed by atoms with Crippen molar-refractivity contribution in [1.82, 2.24) is 14.5 Å². The van der Waals surface area contributed by atoms with Crippen LogP contribution in [0.3, 0.4) is 0 Å². The van der Waals surface area contributed by atoms with E-state index in [9.17, 15) is 0 Å². The van der Waals surface area contributed by atoms with E-state index in [1.165, 1.54) is 61.2 Å². The zero-order valence-corrected chi connectivity index (χ0v) is 21.7. The summed E-state index contributed by atoms with van der Waals surface area (Å²) in [6.07, 6.45) is 12.4. The van der Waals surface area contributed by atoms with Crippen LogP contribution in [-0.2, 0) is 12.8 Å². The first kappa shape index (κ1) is 22.1. The van der Waals surface area contributed by atoms with Crippen LogP contribution >= 0.6 is 0 Å². The van der Waals surface area contributed by atoms with Crippen LogP contribution in [0.4, 0.5) is 5.82 Å². The second kappa shape index (κ2) is 8.22. The first-order valence-electron chi connectivity index (χ1n) is 13.7. The van der Waals surface area contributed by atoms with Crippen molar-refractivity contribution in [3.05, 3.63) is 70.9 Å². The average Bonchev–Trinajstić information content (AvgIpc) is 3.35. The van der Waals surface area contributed by atoms with Gasteiger partial charge in [0, 0.05) is 17.3 Å². The highest BCUT2D eigenvalue weighted by molar-refractivity contribution is 5.72. The molecule has 5 heteroatoms. The summed E-state index contributed by atoms with van der Waals surface area (Å²) in [6, 6.07) is 13.3. The largest absolute Gasteiger partial charge is 0.364 e. The minimum Gasteiger partial charge on any atom is -0.364 e. The lowest BCUT2D eigenvalue weighted by Gasteiger charge is -2.57. The normalized spacial score (nSPS) is 26.7. The summed E-state index contributed by atoms with van der Waals surface area (Å²) in [7, 11) is 0. The molecule has 0 radical (unpaired) electrons. The fraction of sp³-hybridized carbons (Fsp3) is 0.484. The molecule has 0 amide bonds. The van der Waals surface area contributed by atoms with Gasteiger partial charge in [0.2, 0.25) is 0 Å². The van der Waals surface area contributed by atoms with Gasteiger partial charge in [0.15, 0.2) is 0 Å². The van der Waals surface area contributed by atoms with Crippen LogP contribution in [0, 0.1) is 38.5 Å². The second-order valence-corrected chi connectivity index (χ2v) is 12.1. The fourth-order valence-electron chi connectivity index (χ4n) is 7.98. The SMILES string of the molecule is Cc1ccc(CCc2nc3cc(-c4c(C)noc4C)ccn3c2NC23CC4CC(CC(C4)C2)C3)cc1. The molecule has 0 aliphatic heterocycles. The Morgan fingerprint density at radius 1 is 0.944 bits per heavy atom. The number of pyridine rings is 1. The van der Waals surface area contributed by atoms with E-state index < -0.39 is 0 Å². The van der Waals surface area contributed by atoms with Crippen molar-refractivity contribution in [2.24, 2.45) is 17.8 Å². The van der Waals surface area contributed by atoms with Crippen molar-refractivity contribution in [3.63, 3.8) is 0 Å². The van der Waals surface area contributed by atoms with Gasteiger partial charge in [0.05, 0.1) is 11.4 Å². The molecule has 0 atom stereocenters. The van der Waals surface area contributed by atoms with Crippen LogP contribution in [0.1, 0.15) is 66.8 Å². The van der Waals surface area contributed by atoms with Gasteiger partial charge in [0.25, 0.3) is 0 Å². The zero-order valence-electron chi connectivity index (χ0n) is 21.7. The van der Waals surface area contributed by atoms with Crippen molar-refractivity contribution >= 4 is 11.5 Å². The fourth-order valence-corrected chi connectivity index (χ4v) is 7.98. The van der Waals surface area contributed by atoms with E-state index in [2.05, 4.69) is 64.4 Å². The Labute approximate surface area is 213 Å². The lowest BCUT2D eigenvalue weighted by atomic mass is 9.53. The lowest BCUT2D eigenvalue weighted by Crippen LogP contribution is -2.55. The number of nitrogens with one attached hydrogen (secondary N) is 1. The molecule has 36 heavy (non-hydrogen) atoms. The topological polar surface area (TPSA) is 55.4 Å². The molecule has 0 spiro atoms. The summed E-state index contributed by atoms with van der Waals surface area (Å²) in [4.78, 5) is 5.22. The van der Waals surface area contributed by atoms with Crippen LogP contribution in [0.25, 0.3) is 16.8 Å². The number of imidazole rings is 1. The Bertz CT molecular complexity index is 1370. The number of aromatic nitrogens is 3. The summed E-state index contributed by atoms with van der Waals surface area (Å²) in [6.45, 7) is 6.14. The maximum absolute atomic E-state index is 5.46. The minimum absolute atomic E-state index is 0.240. The molecule has 8 rings (SSSR count). The van der Waals surface area contributed by atoms with Crippen LogP contribution in [0.15, 0.2) is 47.1 Å². The number of anilines is 1. The van der Waals surface area contributed by atoms with E-state index in [4.69, 9.17) is 9.51 Å². The van der Waals surface area contributed by atoms with Gasteiger partial charge >= 0.3 is 0 Å². The minimum atomic E-state index is 0.240. The third-order valence-corrected chi connectivity index (χ3v) is 9.21. The molecule has 4 aliphatic carbocycles. The molecule has 5 nitrogen and oxygen atoms in total. The number of rotatable bonds is 6. The van der Waals surface area contributed by atoms with Crippen LogP contribution in [0.5, 0.6) is 0 Å². The number of fused-ring (bicyclic) bond motifs is 1. The van der Waals surface area contributed by atoms with Crippen molar-refractivity contribution in [2.45, 2.75) is 77.7 Å². The van der Waals surface area contributed by atoms with Gasteiger partial charge in [-0.2, -0.15) is 0 Å². The third kappa shape index (κ3) is 3.75. The number of hydrogen-bond donors (Lipinski definition) is 1. The lowest BCUT2D eigenvalue weighted by molar-refractivity contribution is 0.0105. The zero-order chi connectivity index (χ0) is 24.4. The number of benzene rings is 1. The van der Waals surface area contributed by atoms with Gasteiger partial charge in [-0.1, -0.05) is 35.0 Å². The molecule has 1 N–H and O–H groups in total. The standard InChI is InChI=1S/C31H36N4O/c1-19-4-6-22(7-5-19)8-9-27-30(33-31-16-23-12-24(17-31)14-25(13-23)18-31)35-11-10-26(15-28(35)32-27)29-20(2)34-36-21(29)3/h4-7,10-11,15,23-25,33H,8-9,12-14,16-18H2,1-3H3. The third-order valence-electron chi connectivity index (χ3n) is 9.21. The van der Waals surface area contributed by atoms with Crippen molar-refractivity contribution in [1.29, 1.82) is 0 Å². The summed E-state index contributed by atoms with van der Waals surface area (Å²) >= 11 is 0. The molecule has 4 aliphatic rings. The average molecular weight is 481 g/mol. The summed E-state index contributed by atoms with van der Waals surface area (Å²) in [5, 5.41) is 8.34. The Hall–Kier alpha value is -3.08. The molecular weight excluding hydrogens is 444 g/mol. The highest BCUT2D eigenvalue weighted by Gasteiger charge is 2.51. The van der Waals surface area contributed by atoms with Gasteiger partial charge in [-0.3, -0.25) is 4.40 Å². The van der Waals surface area contributed by atoms with Crippen molar-refractivity contribution in [2.75, 3.05) is 5.32 Å². The monoisotopic (exact) mass is 480 g/mol. The molecule has 4 fully saturated rings. The quantitative estimate of drug-likeness (QED) is 0.320. The van der Waals surface area contributed by atoms with Gasteiger partial charge in [0.1, 0.15) is 17.2 Å². The Kier molecular flexibility index (Phi) is 5.06. The van der Waals surface area contributed by atoms with Gasteiger partial charge < -0.3 is 9.84 Å². The van der Waals surface area contributed by atoms with Crippen LogP contribution in [-0.4, -0.2) is 20.1 Å². The molecular formula is C31H36N4O. The molecule has 1 aromatic carbocycles. The van der Waals surface area contributed by atoms with Crippen molar-refractivity contribution in [3.8, 4) is 11.1 Å². The highest BCUT2D eigenvalue weighted by atomic mass is 16.5. The number of nitrogens with zero attached hydrogens (tertiary/aromatic N) is 3. The van der Waals surface area contributed by atoms with Crippen LogP contribution in [0.2, 0.25) is 0 Å². The van der Waals surface area contributed by atoms with Crippen molar-refractivity contribution < 1.29 is 4.52 Å². The van der Waals surface area contributed by atoms with E-state index in [-0.39, 0.29) is 5.54 Å². The highest BCUT2D eigenvalue weighted by Crippen LogP contribution is 2.56. The van der Waals surface area contributed by atoms with E-state index in [1.807, 2.05) is 13.8 Å². The van der Waals surface area contributed by atoms with E-state index in [1.54, 1.807) is 0 Å². The van der Waals surface area contributed by atoms with Gasteiger partial charge in [-0.05, 0) is 113 Å². The van der Waals surface area contributed by atoms with Gasteiger partial charge in [-0.15, -0.1) is 0 Å². The Balaban J connectivity index is 1.27. The molecule has 0 unspecified atom stereocenters. The Morgan fingerprint density at radius 3 is 2.28 bits per heavy atom. The molecule has 3 heterocycles. The molecule has 0 saturated heterocycles. The van der Waals surface area contributed by atoms with Crippen LogP contribution < -0.4 is 5.32 Å². The molecule has 186 valence electrons. The molecule has 4 saturated carbocycles. The van der Waals surface area contributed by atoms with Gasteiger partial charge in [-0.25, -0.2) is 4.98 Å². The maximum atomic E-state index is 5.46. The number of hydrogen-bond acceptors (Lipinski definition) is 4. The first-order chi connectivity index (χ1) is 17.4. The molecule has 3 aromatic heterocycles.